The monoisotopic (exact) mass is 225 g/mol. The molecule has 0 saturated heterocycles. The van der Waals surface area contributed by atoms with Gasteiger partial charge in [-0.1, -0.05) is 24.3 Å². The normalized spacial score (nSPS) is 16.6. The highest BCUT2D eigenvalue weighted by Gasteiger charge is 2.27. The zero-order valence-corrected chi connectivity index (χ0v) is 9.05. The fraction of sp³-hybridized carbons (Fsp3) is 0.0714. The third kappa shape index (κ3) is 1.40. The molecule has 3 rings (SSSR count). The number of carbonyl (C=O) groups is 1. The molecule has 0 spiro atoms. The lowest BCUT2D eigenvalue weighted by atomic mass is 9.86. The fourth-order valence-electron chi connectivity index (χ4n) is 2.31. The number of benzene rings is 2. The first-order valence-electron chi connectivity index (χ1n) is 5.44. The summed E-state index contributed by atoms with van der Waals surface area (Å²) in [5.41, 5.74) is 3.27. The number of aromatic hydroxyl groups is 1. The number of fused-ring (bicyclic) bond motifs is 2. The summed E-state index contributed by atoms with van der Waals surface area (Å²) >= 11 is 0. The largest absolute Gasteiger partial charge is 0.508 e. The van der Waals surface area contributed by atoms with E-state index in [0.29, 0.717) is 5.56 Å². The Kier molecular flexibility index (Phi) is 2.11. The number of anilines is 2. The third-order valence-electron chi connectivity index (χ3n) is 3.10. The Balaban J connectivity index is 2.26. The molecule has 1 aliphatic heterocycles. The summed E-state index contributed by atoms with van der Waals surface area (Å²) in [6.07, 6.45) is 0.873. The summed E-state index contributed by atoms with van der Waals surface area (Å²) in [7, 11) is 0. The molecule has 17 heavy (non-hydrogen) atoms. The number of phenolic OH excluding ortho intramolecular Hbond substituents is 1. The van der Waals surface area contributed by atoms with Gasteiger partial charge < -0.3 is 15.2 Å². The average Bonchev–Trinajstić information content (AvgIpc) is 2.36. The van der Waals surface area contributed by atoms with Gasteiger partial charge in [-0.05, 0) is 23.8 Å². The standard InChI is InChI=1S/C14H11NO2/c16-8-10-9-4-1-2-5-11(9)15-12-6-3-7-13(17)14(10)12/h1-8,10,15,17H. The summed E-state index contributed by atoms with van der Waals surface area (Å²) in [5, 5.41) is 13.1. The predicted octanol–water partition coefficient (Wildman–Crippen LogP) is 2.78. The predicted molar refractivity (Wildman–Crippen MR) is 65.7 cm³/mol. The van der Waals surface area contributed by atoms with Gasteiger partial charge in [0.2, 0.25) is 0 Å². The number of rotatable bonds is 1. The van der Waals surface area contributed by atoms with E-state index in [1.54, 1.807) is 12.1 Å². The first-order chi connectivity index (χ1) is 8.31. The van der Waals surface area contributed by atoms with Crippen molar-refractivity contribution in [3.63, 3.8) is 0 Å². The van der Waals surface area contributed by atoms with E-state index in [2.05, 4.69) is 5.32 Å². The van der Waals surface area contributed by atoms with Crippen molar-refractivity contribution < 1.29 is 9.90 Å². The van der Waals surface area contributed by atoms with Crippen LogP contribution in [0.15, 0.2) is 42.5 Å². The van der Waals surface area contributed by atoms with Gasteiger partial charge >= 0.3 is 0 Å². The molecule has 0 amide bonds. The molecule has 0 radical (unpaired) electrons. The van der Waals surface area contributed by atoms with E-state index in [1.807, 2.05) is 30.3 Å². The quantitative estimate of drug-likeness (QED) is 0.734. The van der Waals surface area contributed by atoms with Gasteiger partial charge in [-0.3, -0.25) is 0 Å². The molecule has 1 atom stereocenters. The smallest absolute Gasteiger partial charge is 0.132 e. The minimum atomic E-state index is -0.399. The van der Waals surface area contributed by atoms with Crippen LogP contribution in [0.1, 0.15) is 17.0 Å². The maximum atomic E-state index is 11.3. The van der Waals surface area contributed by atoms with Crippen molar-refractivity contribution in [3.8, 4) is 5.75 Å². The summed E-state index contributed by atoms with van der Waals surface area (Å²) in [6, 6.07) is 12.9. The van der Waals surface area contributed by atoms with E-state index in [4.69, 9.17) is 0 Å². The zero-order valence-electron chi connectivity index (χ0n) is 9.05. The lowest BCUT2D eigenvalue weighted by Gasteiger charge is -2.26. The molecular formula is C14H11NO2. The maximum Gasteiger partial charge on any atom is 0.132 e. The van der Waals surface area contributed by atoms with Crippen LogP contribution in [0.2, 0.25) is 0 Å². The SMILES string of the molecule is O=CC1c2ccccc2Nc2cccc(O)c21. The molecule has 0 fully saturated rings. The van der Waals surface area contributed by atoms with Crippen molar-refractivity contribution >= 4 is 17.7 Å². The Bertz CT molecular complexity index is 593. The minimum absolute atomic E-state index is 0.154. The molecule has 0 saturated carbocycles. The molecule has 84 valence electrons. The van der Waals surface area contributed by atoms with Gasteiger partial charge in [0, 0.05) is 16.9 Å². The van der Waals surface area contributed by atoms with Crippen LogP contribution in [0.3, 0.4) is 0 Å². The first-order valence-corrected chi connectivity index (χ1v) is 5.44. The second-order valence-corrected chi connectivity index (χ2v) is 4.06. The van der Waals surface area contributed by atoms with Crippen molar-refractivity contribution in [2.45, 2.75) is 5.92 Å². The molecule has 2 aromatic carbocycles. The Morgan fingerprint density at radius 2 is 1.82 bits per heavy atom. The Morgan fingerprint density at radius 3 is 2.65 bits per heavy atom. The molecule has 2 N–H and O–H groups in total. The van der Waals surface area contributed by atoms with E-state index >= 15 is 0 Å². The summed E-state index contributed by atoms with van der Waals surface area (Å²) in [4.78, 5) is 11.3. The second-order valence-electron chi connectivity index (χ2n) is 4.06. The van der Waals surface area contributed by atoms with Gasteiger partial charge in [0.25, 0.3) is 0 Å². The number of hydrogen-bond donors (Lipinski definition) is 2. The summed E-state index contributed by atoms with van der Waals surface area (Å²) in [6.45, 7) is 0. The molecule has 1 aliphatic rings. The molecule has 0 bridgehead atoms. The summed E-state index contributed by atoms with van der Waals surface area (Å²) < 4.78 is 0. The number of hydrogen-bond acceptors (Lipinski definition) is 3. The van der Waals surface area contributed by atoms with E-state index in [0.717, 1.165) is 23.2 Å². The van der Waals surface area contributed by atoms with E-state index < -0.39 is 5.92 Å². The fourth-order valence-corrected chi connectivity index (χ4v) is 2.31. The van der Waals surface area contributed by atoms with Crippen LogP contribution < -0.4 is 5.32 Å². The van der Waals surface area contributed by atoms with Crippen molar-refractivity contribution in [2.75, 3.05) is 5.32 Å². The molecule has 3 heteroatoms. The van der Waals surface area contributed by atoms with Crippen molar-refractivity contribution in [2.24, 2.45) is 0 Å². The Labute approximate surface area is 98.7 Å². The minimum Gasteiger partial charge on any atom is -0.508 e. The first kappa shape index (κ1) is 9.90. The van der Waals surface area contributed by atoms with E-state index in [9.17, 15) is 9.90 Å². The van der Waals surface area contributed by atoms with Crippen LogP contribution in [0.4, 0.5) is 11.4 Å². The number of carbonyl (C=O) groups excluding carboxylic acids is 1. The topological polar surface area (TPSA) is 49.3 Å². The van der Waals surface area contributed by atoms with E-state index in [1.165, 1.54) is 0 Å². The molecule has 1 unspecified atom stereocenters. The molecule has 1 heterocycles. The highest BCUT2D eigenvalue weighted by atomic mass is 16.3. The molecular weight excluding hydrogens is 214 g/mol. The molecule has 2 aromatic rings. The van der Waals surface area contributed by atoms with Gasteiger partial charge in [0.1, 0.15) is 12.0 Å². The lowest BCUT2D eigenvalue weighted by Crippen LogP contribution is -2.13. The highest BCUT2D eigenvalue weighted by Crippen LogP contribution is 2.43. The lowest BCUT2D eigenvalue weighted by molar-refractivity contribution is -0.108. The van der Waals surface area contributed by atoms with E-state index in [-0.39, 0.29) is 5.75 Å². The van der Waals surface area contributed by atoms with Gasteiger partial charge in [0.05, 0.1) is 5.92 Å². The highest BCUT2D eigenvalue weighted by molar-refractivity contribution is 5.85. The number of nitrogens with one attached hydrogen (secondary N) is 1. The van der Waals surface area contributed by atoms with Crippen LogP contribution in [0.25, 0.3) is 0 Å². The van der Waals surface area contributed by atoms with Gasteiger partial charge in [0.15, 0.2) is 0 Å². The van der Waals surface area contributed by atoms with Crippen LogP contribution in [0, 0.1) is 0 Å². The zero-order chi connectivity index (χ0) is 11.8. The van der Waals surface area contributed by atoms with Crippen LogP contribution >= 0.6 is 0 Å². The second kappa shape index (κ2) is 3.63. The third-order valence-corrected chi connectivity index (χ3v) is 3.10. The maximum absolute atomic E-state index is 11.3. The van der Waals surface area contributed by atoms with Crippen molar-refractivity contribution in [3.05, 3.63) is 53.6 Å². The van der Waals surface area contributed by atoms with Gasteiger partial charge in [-0.2, -0.15) is 0 Å². The van der Waals surface area contributed by atoms with Crippen molar-refractivity contribution in [1.29, 1.82) is 0 Å². The number of aldehydes is 1. The van der Waals surface area contributed by atoms with Crippen LogP contribution in [-0.4, -0.2) is 11.4 Å². The summed E-state index contributed by atoms with van der Waals surface area (Å²) in [5.74, 6) is -0.245. The molecule has 0 aliphatic carbocycles. The van der Waals surface area contributed by atoms with Crippen LogP contribution in [0.5, 0.6) is 5.75 Å². The van der Waals surface area contributed by atoms with Crippen molar-refractivity contribution in [1.82, 2.24) is 0 Å². The Hall–Kier alpha value is -2.29. The van der Waals surface area contributed by atoms with Gasteiger partial charge in [-0.15, -0.1) is 0 Å². The Morgan fingerprint density at radius 1 is 1.06 bits per heavy atom. The number of para-hydroxylation sites is 1. The molecule has 3 nitrogen and oxygen atoms in total. The average molecular weight is 225 g/mol. The number of phenols is 1. The van der Waals surface area contributed by atoms with Crippen LogP contribution in [-0.2, 0) is 4.79 Å². The van der Waals surface area contributed by atoms with Gasteiger partial charge in [-0.25, -0.2) is 0 Å². The molecule has 0 aromatic heterocycles.